The number of benzene rings is 2. The van der Waals surface area contributed by atoms with Crippen LogP contribution in [0.5, 0.6) is 0 Å². The first-order valence-electron chi connectivity index (χ1n) is 10.1. The molecular weight excluding hydrogens is 403 g/mol. The third-order valence-electron chi connectivity index (χ3n) is 5.45. The second-order valence-electron chi connectivity index (χ2n) is 7.50. The molecule has 1 aliphatic rings. The zero-order valence-electron chi connectivity index (χ0n) is 16.8. The zero-order valence-corrected chi connectivity index (χ0v) is 16.8. The number of aromatic nitrogens is 1. The number of piperazine rings is 1. The predicted octanol–water partition coefficient (Wildman–Crippen LogP) is 4.65. The van der Waals surface area contributed by atoms with Crippen LogP contribution in [0.25, 0.3) is 0 Å². The van der Waals surface area contributed by atoms with Gasteiger partial charge in [-0.15, -0.1) is 0 Å². The summed E-state index contributed by atoms with van der Waals surface area (Å²) in [5.41, 5.74) is 2.04. The molecule has 1 amide bonds. The molecule has 1 aliphatic heterocycles. The van der Waals surface area contributed by atoms with E-state index in [1.807, 2.05) is 59.5 Å². The summed E-state index contributed by atoms with van der Waals surface area (Å²) < 4.78 is 38.2. The van der Waals surface area contributed by atoms with Gasteiger partial charge in [-0.2, -0.15) is 13.2 Å². The second-order valence-corrected chi connectivity index (χ2v) is 7.50. The molecule has 0 atom stereocenters. The largest absolute Gasteiger partial charge is 0.417 e. The predicted molar refractivity (Wildman–Crippen MR) is 113 cm³/mol. The van der Waals surface area contributed by atoms with Crippen molar-refractivity contribution in [2.24, 2.45) is 0 Å². The van der Waals surface area contributed by atoms with E-state index in [1.54, 1.807) is 4.90 Å². The molecule has 1 saturated heterocycles. The summed E-state index contributed by atoms with van der Waals surface area (Å²) in [5.74, 6) is 0.469. The lowest BCUT2D eigenvalue weighted by atomic mass is 9.99. The number of carbonyl (C=O) groups is 1. The Balaban J connectivity index is 1.42. The molecule has 0 saturated carbocycles. The molecule has 2 aromatic carbocycles. The number of amides is 1. The van der Waals surface area contributed by atoms with Crippen molar-refractivity contribution in [1.82, 2.24) is 9.88 Å². The Morgan fingerprint density at radius 1 is 0.871 bits per heavy atom. The Labute approximate surface area is 178 Å². The number of rotatable bonds is 4. The molecule has 7 heteroatoms. The zero-order chi connectivity index (χ0) is 21.8. The Bertz CT molecular complexity index is 1030. The van der Waals surface area contributed by atoms with E-state index in [1.165, 1.54) is 6.07 Å². The lowest BCUT2D eigenvalue weighted by molar-refractivity contribution is -0.137. The lowest BCUT2D eigenvalue weighted by Gasteiger charge is -2.35. The topological polar surface area (TPSA) is 36.4 Å². The van der Waals surface area contributed by atoms with Gasteiger partial charge < -0.3 is 9.80 Å². The van der Waals surface area contributed by atoms with Crippen LogP contribution in [0.4, 0.5) is 19.0 Å². The maximum atomic E-state index is 13.2. The smallest absolute Gasteiger partial charge is 0.353 e. The minimum atomic E-state index is -4.40. The SMILES string of the molecule is O=C(c1ccccc1Cc1ccccc1)N1CCN(c2ccc(C(F)(F)F)cn2)CC1. The van der Waals surface area contributed by atoms with Crippen LogP contribution in [0.2, 0.25) is 0 Å². The summed E-state index contributed by atoms with van der Waals surface area (Å²) in [7, 11) is 0. The summed E-state index contributed by atoms with van der Waals surface area (Å²) in [5, 5.41) is 0. The number of hydrogen-bond donors (Lipinski definition) is 0. The van der Waals surface area contributed by atoms with Crippen molar-refractivity contribution in [3.63, 3.8) is 0 Å². The quantitative estimate of drug-likeness (QED) is 0.610. The van der Waals surface area contributed by atoms with Crippen LogP contribution in [-0.4, -0.2) is 42.0 Å². The lowest BCUT2D eigenvalue weighted by Crippen LogP contribution is -2.49. The van der Waals surface area contributed by atoms with Crippen molar-refractivity contribution in [2.45, 2.75) is 12.6 Å². The Hall–Kier alpha value is -3.35. The monoisotopic (exact) mass is 425 g/mol. The molecule has 3 aromatic rings. The van der Waals surface area contributed by atoms with E-state index in [9.17, 15) is 18.0 Å². The van der Waals surface area contributed by atoms with Gasteiger partial charge in [-0.05, 0) is 35.7 Å². The number of nitrogens with zero attached hydrogens (tertiary/aromatic N) is 3. The van der Waals surface area contributed by atoms with Gasteiger partial charge in [0.2, 0.25) is 0 Å². The summed E-state index contributed by atoms with van der Waals surface area (Å²) in [6.07, 6.45) is -2.87. The van der Waals surface area contributed by atoms with Gasteiger partial charge in [0.15, 0.2) is 0 Å². The normalized spacial score (nSPS) is 14.5. The Morgan fingerprint density at radius 2 is 1.55 bits per heavy atom. The van der Waals surface area contributed by atoms with Crippen LogP contribution >= 0.6 is 0 Å². The minimum absolute atomic E-state index is 0.0217. The van der Waals surface area contributed by atoms with Crippen molar-refractivity contribution >= 4 is 11.7 Å². The number of alkyl halides is 3. The van der Waals surface area contributed by atoms with Crippen molar-refractivity contribution in [3.8, 4) is 0 Å². The van der Waals surface area contributed by atoms with Crippen LogP contribution in [0.1, 0.15) is 27.0 Å². The van der Waals surface area contributed by atoms with Crippen molar-refractivity contribution < 1.29 is 18.0 Å². The average Bonchev–Trinajstić information content (AvgIpc) is 2.79. The van der Waals surface area contributed by atoms with E-state index in [4.69, 9.17) is 0 Å². The maximum Gasteiger partial charge on any atom is 0.417 e. The van der Waals surface area contributed by atoms with Gasteiger partial charge >= 0.3 is 6.18 Å². The van der Waals surface area contributed by atoms with E-state index < -0.39 is 11.7 Å². The molecule has 4 nitrogen and oxygen atoms in total. The highest BCUT2D eigenvalue weighted by Gasteiger charge is 2.31. The summed E-state index contributed by atoms with van der Waals surface area (Å²) in [6, 6.07) is 20.1. The molecule has 31 heavy (non-hydrogen) atoms. The summed E-state index contributed by atoms with van der Waals surface area (Å²) in [6.45, 7) is 2.01. The number of halogens is 3. The molecule has 0 spiro atoms. The van der Waals surface area contributed by atoms with Gasteiger partial charge in [0, 0.05) is 37.9 Å². The van der Waals surface area contributed by atoms with E-state index >= 15 is 0 Å². The van der Waals surface area contributed by atoms with E-state index in [2.05, 4.69) is 4.98 Å². The van der Waals surface area contributed by atoms with Gasteiger partial charge in [-0.1, -0.05) is 48.5 Å². The molecule has 4 rings (SSSR count). The van der Waals surface area contributed by atoms with E-state index in [0.29, 0.717) is 44.0 Å². The van der Waals surface area contributed by atoms with Gasteiger partial charge in [-0.3, -0.25) is 4.79 Å². The number of anilines is 1. The third kappa shape index (κ3) is 4.87. The molecule has 0 aliphatic carbocycles. The Morgan fingerprint density at radius 3 is 2.19 bits per heavy atom. The fraction of sp³-hybridized carbons (Fsp3) is 0.250. The van der Waals surface area contributed by atoms with Gasteiger partial charge in [0.1, 0.15) is 5.82 Å². The van der Waals surface area contributed by atoms with Crippen LogP contribution in [-0.2, 0) is 12.6 Å². The first kappa shape index (κ1) is 20.9. The highest BCUT2D eigenvalue weighted by molar-refractivity contribution is 5.96. The summed E-state index contributed by atoms with van der Waals surface area (Å²) in [4.78, 5) is 20.8. The fourth-order valence-electron chi connectivity index (χ4n) is 3.75. The van der Waals surface area contributed by atoms with Crippen molar-refractivity contribution in [3.05, 3.63) is 95.2 Å². The van der Waals surface area contributed by atoms with Crippen LogP contribution in [0, 0.1) is 0 Å². The molecule has 0 unspecified atom stereocenters. The fourth-order valence-corrected chi connectivity index (χ4v) is 3.75. The van der Waals surface area contributed by atoms with Gasteiger partial charge in [0.05, 0.1) is 5.56 Å². The van der Waals surface area contributed by atoms with E-state index in [0.717, 1.165) is 23.4 Å². The van der Waals surface area contributed by atoms with Gasteiger partial charge in [0.25, 0.3) is 5.91 Å². The maximum absolute atomic E-state index is 13.2. The first-order chi connectivity index (χ1) is 14.9. The molecule has 160 valence electrons. The number of hydrogen-bond acceptors (Lipinski definition) is 3. The molecule has 0 bridgehead atoms. The highest BCUT2D eigenvalue weighted by Crippen LogP contribution is 2.29. The van der Waals surface area contributed by atoms with Crippen LogP contribution in [0.15, 0.2) is 72.9 Å². The minimum Gasteiger partial charge on any atom is -0.353 e. The Kier molecular flexibility index (Phi) is 5.93. The van der Waals surface area contributed by atoms with E-state index in [-0.39, 0.29) is 5.91 Å². The summed E-state index contributed by atoms with van der Waals surface area (Å²) >= 11 is 0. The second kappa shape index (κ2) is 8.79. The highest BCUT2D eigenvalue weighted by atomic mass is 19.4. The molecule has 1 fully saturated rings. The van der Waals surface area contributed by atoms with Gasteiger partial charge in [-0.25, -0.2) is 4.98 Å². The van der Waals surface area contributed by atoms with Crippen LogP contribution < -0.4 is 4.90 Å². The molecule has 2 heterocycles. The molecule has 1 aromatic heterocycles. The number of carbonyl (C=O) groups excluding carboxylic acids is 1. The van der Waals surface area contributed by atoms with Crippen LogP contribution in [0.3, 0.4) is 0 Å². The first-order valence-corrected chi connectivity index (χ1v) is 10.1. The molecular formula is C24H22F3N3O. The molecule has 0 N–H and O–H groups in total. The number of pyridine rings is 1. The molecule has 0 radical (unpaired) electrons. The standard InChI is InChI=1S/C24H22F3N3O/c25-24(26,27)20-10-11-22(28-17-20)29-12-14-30(15-13-29)23(31)21-9-5-4-8-19(21)16-18-6-2-1-3-7-18/h1-11,17H,12-16H2. The third-order valence-corrected chi connectivity index (χ3v) is 5.45. The van der Waals surface area contributed by atoms with Crippen molar-refractivity contribution in [2.75, 3.05) is 31.1 Å². The average molecular weight is 425 g/mol. The van der Waals surface area contributed by atoms with Crippen molar-refractivity contribution in [1.29, 1.82) is 0 Å².